The molecule has 1 aliphatic heterocycles. The average molecular weight is 561 g/mol. The lowest BCUT2D eigenvalue weighted by molar-refractivity contribution is 1.27. The maximum atomic E-state index is 5.28. The summed E-state index contributed by atoms with van der Waals surface area (Å²) in [6, 6.07) is 29.0. The van der Waals surface area contributed by atoms with Crippen molar-refractivity contribution >= 4 is 17.4 Å². The van der Waals surface area contributed by atoms with Crippen LogP contribution in [0.5, 0.6) is 0 Å². The van der Waals surface area contributed by atoms with Gasteiger partial charge in [0.2, 0.25) is 0 Å². The van der Waals surface area contributed by atoms with Gasteiger partial charge in [-0.3, -0.25) is 0 Å². The van der Waals surface area contributed by atoms with Gasteiger partial charge >= 0.3 is 0 Å². The van der Waals surface area contributed by atoms with E-state index in [1.165, 1.54) is 66.8 Å². The van der Waals surface area contributed by atoms with E-state index in [4.69, 9.17) is 4.99 Å². The molecule has 43 heavy (non-hydrogen) atoms. The molecular formula is C41H40N2. The van der Waals surface area contributed by atoms with Gasteiger partial charge in [0.05, 0.1) is 11.4 Å². The number of aliphatic imine (C=N–C) groups is 1. The second-order valence-corrected chi connectivity index (χ2v) is 12.3. The Balaban J connectivity index is 1.58. The second kappa shape index (κ2) is 11.2. The molecule has 0 amide bonds. The summed E-state index contributed by atoms with van der Waals surface area (Å²) in [5.41, 5.74) is 21.5. The van der Waals surface area contributed by atoms with Gasteiger partial charge in [-0.2, -0.15) is 0 Å². The van der Waals surface area contributed by atoms with Crippen molar-refractivity contribution in [2.45, 2.75) is 55.4 Å². The number of H-pyrrole nitrogens is 1. The minimum absolute atomic E-state index is 0.974. The van der Waals surface area contributed by atoms with Crippen molar-refractivity contribution in [1.29, 1.82) is 0 Å². The van der Waals surface area contributed by atoms with Crippen LogP contribution in [-0.4, -0.2) is 10.7 Å². The highest BCUT2D eigenvalue weighted by Crippen LogP contribution is 2.39. The summed E-state index contributed by atoms with van der Waals surface area (Å²) in [5, 5.41) is 0. The molecule has 2 nitrogen and oxygen atoms in total. The Kier molecular flexibility index (Phi) is 7.40. The molecule has 0 saturated carbocycles. The first-order valence-electron chi connectivity index (χ1n) is 15.1. The molecule has 6 rings (SSSR count). The van der Waals surface area contributed by atoms with Crippen LogP contribution < -0.4 is 0 Å². The van der Waals surface area contributed by atoms with Crippen molar-refractivity contribution < 1.29 is 0 Å². The molecule has 1 aromatic heterocycles. The van der Waals surface area contributed by atoms with Crippen molar-refractivity contribution in [2.75, 3.05) is 0 Å². The van der Waals surface area contributed by atoms with Gasteiger partial charge in [0.15, 0.2) is 0 Å². The third-order valence-electron chi connectivity index (χ3n) is 8.90. The van der Waals surface area contributed by atoms with Crippen molar-refractivity contribution in [1.82, 2.24) is 4.98 Å². The summed E-state index contributed by atoms with van der Waals surface area (Å²) in [5.74, 6) is 0. The van der Waals surface area contributed by atoms with Crippen LogP contribution in [0.25, 0.3) is 34.0 Å². The maximum absolute atomic E-state index is 5.28. The number of hydrogen-bond acceptors (Lipinski definition) is 1. The van der Waals surface area contributed by atoms with Crippen LogP contribution in [0.15, 0.2) is 95.6 Å². The molecule has 0 radical (unpaired) electrons. The summed E-state index contributed by atoms with van der Waals surface area (Å²) >= 11 is 0. The zero-order chi connectivity index (χ0) is 30.4. The molecule has 0 unspecified atom stereocenters. The lowest BCUT2D eigenvalue weighted by Gasteiger charge is -2.13. The van der Waals surface area contributed by atoms with Gasteiger partial charge in [-0.05, 0) is 124 Å². The Bertz CT molecular complexity index is 1960. The van der Waals surface area contributed by atoms with Gasteiger partial charge in [0.1, 0.15) is 0 Å². The monoisotopic (exact) mass is 560 g/mol. The van der Waals surface area contributed by atoms with Crippen molar-refractivity contribution in [3.63, 3.8) is 0 Å². The summed E-state index contributed by atoms with van der Waals surface area (Å²) in [6.07, 6.45) is 4.52. The number of aromatic amines is 1. The SMILES string of the molecule is Cc1ccc(C2=N/C(=C\c3[nH]c(-c4ccc(C)cc4)cc3-c3cc(C)c(C)cc3C)C(c3cc(C)c(C)cc3C)=C2)cc1. The molecule has 1 aliphatic rings. The molecule has 0 aliphatic carbocycles. The van der Waals surface area contributed by atoms with Crippen LogP contribution in [0.2, 0.25) is 0 Å². The molecule has 214 valence electrons. The predicted molar refractivity (Wildman–Crippen MR) is 185 cm³/mol. The molecule has 2 heterocycles. The molecule has 2 heteroatoms. The molecule has 0 bridgehead atoms. The van der Waals surface area contributed by atoms with Gasteiger partial charge in [0.25, 0.3) is 0 Å². The Morgan fingerprint density at radius 2 is 1.02 bits per heavy atom. The number of rotatable bonds is 5. The molecule has 0 fully saturated rings. The number of aryl methyl sites for hydroxylation is 8. The molecule has 0 spiro atoms. The molecule has 4 aromatic carbocycles. The normalized spacial score (nSPS) is 13.9. The lowest BCUT2D eigenvalue weighted by Crippen LogP contribution is -1.95. The summed E-state index contributed by atoms with van der Waals surface area (Å²) in [7, 11) is 0. The minimum Gasteiger partial charge on any atom is -0.354 e. The summed E-state index contributed by atoms with van der Waals surface area (Å²) in [6.45, 7) is 17.4. The van der Waals surface area contributed by atoms with Crippen LogP contribution in [0.4, 0.5) is 0 Å². The molecule has 0 saturated heterocycles. The number of aromatic nitrogens is 1. The highest BCUT2D eigenvalue weighted by Gasteiger charge is 2.22. The van der Waals surface area contributed by atoms with Gasteiger partial charge in [-0.25, -0.2) is 4.99 Å². The van der Waals surface area contributed by atoms with Gasteiger partial charge in [0, 0.05) is 28.1 Å². The van der Waals surface area contributed by atoms with Crippen LogP contribution >= 0.6 is 0 Å². The van der Waals surface area contributed by atoms with E-state index < -0.39 is 0 Å². The van der Waals surface area contributed by atoms with E-state index in [0.717, 1.165) is 33.9 Å². The molecule has 1 N–H and O–H groups in total. The fraction of sp³-hybridized carbons (Fsp3) is 0.195. The second-order valence-electron chi connectivity index (χ2n) is 12.3. The van der Waals surface area contributed by atoms with E-state index >= 15 is 0 Å². The number of benzene rings is 4. The van der Waals surface area contributed by atoms with Crippen molar-refractivity contribution in [3.8, 4) is 22.4 Å². The van der Waals surface area contributed by atoms with E-state index in [9.17, 15) is 0 Å². The Morgan fingerprint density at radius 1 is 0.512 bits per heavy atom. The third-order valence-corrected chi connectivity index (χ3v) is 8.90. The third kappa shape index (κ3) is 5.58. The number of nitrogens with one attached hydrogen (secondary N) is 1. The molecule has 0 atom stereocenters. The van der Waals surface area contributed by atoms with Gasteiger partial charge < -0.3 is 4.98 Å². The van der Waals surface area contributed by atoms with Crippen LogP contribution in [0.1, 0.15) is 61.3 Å². The lowest BCUT2D eigenvalue weighted by atomic mass is 9.92. The standard InChI is InChI=1S/C41H40N2/c1-24-9-13-32(14-10-24)38-21-36(34-19-28(5)26(3)17-30(34)7)40(42-38)23-41-37(35-20-29(6)27(4)18-31(35)8)22-39(43-41)33-15-11-25(2)12-16-33/h9-23,42H,1-8H3/b41-23-. The Morgan fingerprint density at radius 3 is 1.63 bits per heavy atom. The van der Waals surface area contributed by atoms with E-state index in [2.05, 4.69) is 151 Å². The van der Waals surface area contributed by atoms with E-state index in [1.54, 1.807) is 0 Å². The first kappa shape index (κ1) is 28.4. The zero-order valence-electron chi connectivity index (χ0n) is 26.6. The van der Waals surface area contributed by atoms with Gasteiger partial charge in [-0.1, -0.05) is 83.9 Å². The number of allylic oxidation sites excluding steroid dienone is 2. The fourth-order valence-electron chi connectivity index (χ4n) is 5.96. The maximum Gasteiger partial charge on any atom is 0.0737 e. The fourth-order valence-corrected chi connectivity index (χ4v) is 5.96. The number of hydrogen-bond donors (Lipinski definition) is 1. The summed E-state index contributed by atoms with van der Waals surface area (Å²) < 4.78 is 0. The topological polar surface area (TPSA) is 28.1 Å². The van der Waals surface area contributed by atoms with E-state index in [0.29, 0.717) is 0 Å². The van der Waals surface area contributed by atoms with Gasteiger partial charge in [-0.15, -0.1) is 0 Å². The van der Waals surface area contributed by atoms with E-state index in [-0.39, 0.29) is 0 Å². The first-order valence-corrected chi connectivity index (χ1v) is 15.1. The zero-order valence-corrected chi connectivity index (χ0v) is 26.6. The highest BCUT2D eigenvalue weighted by molar-refractivity contribution is 6.19. The first-order chi connectivity index (χ1) is 20.6. The quantitative estimate of drug-likeness (QED) is 0.221. The Hall–Kier alpha value is -4.69. The minimum atomic E-state index is 0.974. The van der Waals surface area contributed by atoms with Crippen LogP contribution in [-0.2, 0) is 0 Å². The van der Waals surface area contributed by atoms with Crippen LogP contribution in [0.3, 0.4) is 0 Å². The Labute approximate surface area is 256 Å². The number of nitrogens with zero attached hydrogens (tertiary/aromatic N) is 1. The molecule has 5 aromatic rings. The highest BCUT2D eigenvalue weighted by atomic mass is 14.8. The van der Waals surface area contributed by atoms with Crippen LogP contribution in [0, 0.1) is 55.4 Å². The van der Waals surface area contributed by atoms with Crippen molar-refractivity contribution in [3.05, 3.63) is 152 Å². The van der Waals surface area contributed by atoms with E-state index in [1.807, 2.05) is 0 Å². The average Bonchev–Trinajstić information content (AvgIpc) is 3.58. The van der Waals surface area contributed by atoms with Crippen molar-refractivity contribution in [2.24, 2.45) is 4.99 Å². The molecular weight excluding hydrogens is 520 g/mol. The smallest absolute Gasteiger partial charge is 0.0737 e. The predicted octanol–water partition coefficient (Wildman–Crippen LogP) is 10.7. The summed E-state index contributed by atoms with van der Waals surface area (Å²) in [4.78, 5) is 9.08. The largest absolute Gasteiger partial charge is 0.354 e.